The summed E-state index contributed by atoms with van der Waals surface area (Å²) in [6.07, 6.45) is 1.35. The SMILES string of the molecule is CC(O[C@@H]1CCCCO1)C(=O)c1cc(F)ccc1F. The van der Waals surface area contributed by atoms with Crippen molar-refractivity contribution in [1.29, 1.82) is 0 Å². The Morgan fingerprint density at radius 2 is 2.21 bits per heavy atom. The standard InChI is InChI=1S/C14H16F2O3/c1-9(19-13-4-2-3-7-18-13)14(17)11-8-10(15)5-6-12(11)16/h5-6,8-9,13H,2-4,7H2,1H3/t9?,13-/m1/s1. The predicted molar refractivity (Wildman–Crippen MR) is 64.8 cm³/mol. The maximum absolute atomic E-state index is 13.5. The largest absolute Gasteiger partial charge is 0.353 e. The molecule has 3 nitrogen and oxygen atoms in total. The topological polar surface area (TPSA) is 35.5 Å². The van der Waals surface area contributed by atoms with Crippen LogP contribution in [0.1, 0.15) is 36.5 Å². The van der Waals surface area contributed by atoms with E-state index in [1.807, 2.05) is 0 Å². The van der Waals surface area contributed by atoms with Gasteiger partial charge in [0.1, 0.15) is 17.7 Å². The van der Waals surface area contributed by atoms with Crippen molar-refractivity contribution in [3.8, 4) is 0 Å². The van der Waals surface area contributed by atoms with E-state index in [0.29, 0.717) is 13.0 Å². The number of hydrogen-bond donors (Lipinski definition) is 0. The van der Waals surface area contributed by atoms with E-state index in [2.05, 4.69) is 0 Å². The molecule has 0 saturated carbocycles. The van der Waals surface area contributed by atoms with Gasteiger partial charge in [0, 0.05) is 6.61 Å². The highest BCUT2D eigenvalue weighted by Gasteiger charge is 2.24. The summed E-state index contributed by atoms with van der Waals surface area (Å²) in [5.41, 5.74) is -0.289. The second kappa shape index (κ2) is 6.21. The minimum atomic E-state index is -0.862. The monoisotopic (exact) mass is 270 g/mol. The molecule has 1 aromatic carbocycles. The first kappa shape index (κ1) is 14.1. The molecule has 0 spiro atoms. The highest BCUT2D eigenvalue weighted by atomic mass is 19.1. The lowest BCUT2D eigenvalue weighted by atomic mass is 10.1. The van der Waals surface area contributed by atoms with Gasteiger partial charge in [0.05, 0.1) is 5.56 Å². The molecule has 1 unspecified atom stereocenters. The van der Waals surface area contributed by atoms with Crippen LogP contribution in [0.2, 0.25) is 0 Å². The molecule has 0 radical (unpaired) electrons. The first-order chi connectivity index (χ1) is 9.08. The Morgan fingerprint density at radius 3 is 2.89 bits per heavy atom. The molecule has 104 valence electrons. The van der Waals surface area contributed by atoms with Crippen molar-refractivity contribution < 1.29 is 23.0 Å². The third-order valence-electron chi connectivity index (χ3n) is 3.06. The molecule has 0 aliphatic carbocycles. The summed E-state index contributed by atoms with van der Waals surface area (Å²) in [6, 6.07) is 2.80. The molecule has 1 fully saturated rings. The summed E-state index contributed by atoms with van der Waals surface area (Å²) in [5.74, 6) is -1.97. The van der Waals surface area contributed by atoms with Crippen LogP contribution < -0.4 is 0 Å². The third kappa shape index (κ3) is 3.58. The second-order valence-corrected chi connectivity index (χ2v) is 4.56. The lowest BCUT2D eigenvalue weighted by molar-refractivity contribution is -0.174. The van der Waals surface area contributed by atoms with E-state index in [1.54, 1.807) is 0 Å². The van der Waals surface area contributed by atoms with Gasteiger partial charge in [-0.1, -0.05) is 0 Å². The molecule has 1 heterocycles. The van der Waals surface area contributed by atoms with Gasteiger partial charge in [-0.25, -0.2) is 8.78 Å². The van der Waals surface area contributed by atoms with Crippen LogP contribution in [0, 0.1) is 11.6 Å². The first-order valence-corrected chi connectivity index (χ1v) is 6.34. The molecule has 19 heavy (non-hydrogen) atoms. The number of carbonyl (C=O) groups excluding carboxylic acids is 1. The van der Waals surface area contributed by atoms with Crippen molar-refractivity contribution in [2.45, 2.75) is 38.6 Å². The molecule has 2 rings (SSSR count). The first-order valence-electron chi connectivity index (χ1n) is 6.34. The Hall–Kier alpha value is -1.33. The van der Waals surface area contributed by atoms with Crippen LogP contribution in [0.3, 0.4) is 0 Å². The Morgan fingerprint density at radius 1 is 1.42 bits per heavy atom. The maximum atomic E-state index is 13.5. The van der Waals surface area contributed by atoms with Gasteiger partial charge < -0.3 is 9.47 Å². The normalized spacial score (nSPS) is 21.1. The van der Waals surface area contributed by atoms with Crippen LogP contribution in [0.25, 0.3) is 0 Å². The molecule has 1 aromatic rings. The van der Waals surface area contributed by atoms with E-state index in [0.717, 1.165) is 31.0 Å². The van der Waals surface area contributed by atoms with Gasteiger partial charge in [-0.3, -0.25) is 4.79 Å². The van der Waals surface area contributed by atoms with Gasteiger partial charge in [-0.2, -0.15) is 0 Å². The van der Waals surface area contributed by atoms with E-state index >= 15 is 0 Å². The minimum Gasteiger partial charge on any atom is -0.353 e. The van der Waals surface area contributed by atoms with Crippen molar-refractivity contribution in [2.24, 2.45) is 0 Å². The summed E-state index contributed by atoms with van der Waals surface area (Å²) < 4.78 is 37.3. The zero-order chi connectivity index (χ0) is 13.8. The van der Waals surface area contributed by atoms with Crippen LogP contribution in [0.5, 0.6) is 0 Å². The summed E-state index contributed by atoms with van der Waals surface area (Å²) >= 11 is 0. The quantitative estimate of drug-likeness (QED) is 0.789. The molecule has 0 amide bonds. The number of Topliss-reactive ketones (excluding diaryl/α,β-unsaturated/α-hetero) is 1. The van der Waals surface area contributed by atoms with Crippen LogP contribution in [-0.4, -0.2) is 24.8 Å². The Bertz CT molecular complexity index is 456. The highest BCUT2D eigenvalue weighted by Crippen LogP contribution is 2.18. The molecular weight excluding hydrogens is 254 g/mol. The summed E-state index contributed by atoms with van der Waals surface area (Å²) in [5, 5.41) is 0. The van der Waals surface area contributed by atoms with E-state index in [1.165, 1.54) is 6.92 Å². The van der Waals surface area contributed by atoms with Gasteiger partial charge >= 0.3 is 0 Å². The molecule has 0 bridgehead atoms. The zero-order valence-electron chi connectivity index (χ0n) is 10.7. The number of hydrogen-bond acceptors (Lipinski definition) is 3. The number of ketones is 1. The van der Waals surface area contributed by atoms with Gasteiger partial charge in [-0.05, 0) is 44.4 Å². The fourth-order valence-corrected chi connectivity index (χ4v) is 2.01. The van der Waals surface area contributed by atoms with Gasteiger partial charge in [0.2, 0.25) is 0 Å². The minimum absolute atomic E-state index is 0.289. The lowest BCUT2D eigenvalue weighted by Crippen LogP contribution is -2.31. The molecule has 0 N–H and O–H groups in total. The molecular formula is C14H16F2O3. The van der Waals surface area contributed by atoms with Crippen LogP contribution in [0.15, 0.2) is 18.2 Å². The van der Waals surface area contributed by atoms with E-state index in [9.17, 15) is 13.6 Å². The number of benzene rings is 1. The molecule has 5 heteroatoms. The second-order valence-electron chi connectivity index (χ2n) is 4.56. The predicted octanol–water partition coefficient (Wildman–Crippen LogP) is 3.08. The van der Waals surface area contributed by atoms with Crippen molar-refractivity contribution in [1.82, 2.24) is 0 Å². The van der Waals surface area contributed by atoms with E-state index in [4.69, 9.17) is 9.47 Å². The van der Waals surface area contributed by atoms with Crippen molar-refractivity contribution in [2.75, 3.05) is 6.61 Å². The van der Waals surface area contributed by atoms with Crippen LogP contribution in [0.4, 0.5) is 8.78 Å². The van der Waals surface area contributed by atoms with Crippen LogP contribution in [-0.2, 0) is 9.47 Å². The number of halogens is 2. The number of carbonyl (C=O) groups is 1. The summed E-state index contributed by atoms with van der Waals surface area (Å²) in [4.78, 5) is 12.0. The van der Waals surface area contributed by atoms with Crippen molar-refractivity contribution >= 4 is 5.78 Å². The number of ether oxygens (including phenoxy) is 2. The molecule has 2 atom stereocenters. The Kier molecular flexibility index (Phi) is 4.61. The van der Waals surface area contributed by atoms with Crippen molar-refractivity contribution in [3.05, 3.63) is 35.4 Å². The summed E-state index contributed by atoms with van der Waals surface area (Å²) in [6.45, 7) is 2.12. The van der Waals surface area contributed by atoms with Crippen LogP contribution >= 0.6 is 0 Å². The molecule has 1 aliphatic heterocycles. The van der Waals surface area contributed by atoms with Gasteiger partial charge in [-0.15, -0.1) is 0 Å². The molecule has 0 aromatic heterocycles. The van der Waals surface area contributed by atoms with E-state index in [-0.39, 0.29) is 5.56 Å². The molecule has 1 saturated heterocycles. The fourth-order valence-electron chi connectivity index (χ4n) is 2.01. The summed E-state index contributed by atoms with van der Waals surface area (Å²) in [7, 11) is 0. The Balaban J connectivity index is 2.03. The molecule has 1 aliphatic rings. The average molecular weight is 270 g/mol. The zero-order valence-corrected chi connectivity index (χ0v) is 10.7. The number of rotatable bonds is 4. The maximum Gasteiger partial charge on any atom is 0.194 e. The van der Waals surface area contributed by atoms with Gasteiger partial charge in [0.15, 0.2) is 12.1 Å². The lowest BCUT2D eigenvalue weighted by Gasteiger charge is -2.25. The van der Waals surface area contributed by atoms with E-state index < -0.39 is 29.8 Å². The smallest absolute Gasteiger partial charge is 0.194 e. The van der Waals surface area contributed by atoms with Gasteiger partial charge in [0.25, 0.3) is 0 Å². The highest BCUT2D eigenvalue weighted by molar-refractivity contribution is 5.99. The fraction of sp³-hybridized carbons (Fsp3) is 0.500. The van der Waals surface area contributed by atoms with Crippen molar-refractivity contribution in [3.63, 3.8) is 0 Å². The Labute approximate surface area is 110 Å². The third-order valence-corrected chi connectivity index (χ3v) is 3.06. The average Bonchev–Trinajstić information content (AvgIpc) is 2.42.